The minimum absolute atomic E-state index is 0.154. The molecular formula is C30H39F5N5O4PS. The second-order valence-electron chi connectivity index (χ2n) is 10.7. The van der Waals surface area contributed by atoms with E-state index < -0.39 is 54.7 Å². The third-order valence-electron chi connectivity index (χ3n) is 6.94. The topological polar surface area (TPSA) is 125 Å². The lowest BCUT2D eigenvalue weighted by molar-refractivity contribution is 0.0724. The molecule has 0 bridgehead atoms. The van der Waals surface area contributed by atoms with E-state index in [1.165, 1.54) is 6.33 Å². The molecule has 0 saturated carbocycles. The maximum Gasteiger partial charge on any atom is 0.353 e. The van der Waals surface area contributed by atoms with E-state index in [4.69, 9.17) is 15.0 Å². The highest BCUT2D eigenvalue weighted by molar-refractivity contribution is 7.99. The first-order valence-electron chi connectivity index (χ1n) is 15.1. The lowest BCUT2D eigenvalue weighted by atomic mass is 10.1. The molecule has 16 heteroatoms. The Morgan fingerprint density at radius 1 is 0.913 bits per heavy atom. The molecule has 2 heterocycles. The summed E-state index contributed by atoms with van der Waals surface area (Å²) >= 11 is 1.67. The molecule has 2 atom stereocenters. The molecule has 254 valence electrons. The number of hydrogen-bond donors (Lipinski definition) is 2. The van der Waals surface area contributed by atoms with Crippen LogP contribution in [0.4, 0.5) is 27.8 Å². The minimum Gasteiger partial charge on any atom is -0.382 e. The van der Waals surface area contributed by atoms with Gasteiger partial charge in [-0.05, 0) is 25.5 Å². The fourth-order valence-corrected chi connectivity index (χ4v) is 6.31. The Morgan fingerprint density at radius 2 is 1.52 bits per heavy atom. The molecule has 0 amide bonds. The van der Waals surface area contributed by atoms with Gasteiger partial charge in [0, 0.05) is 12.2 Å². The summed E-state index contributed by atoms with van der Waals surface area (Å²) in [6.07, 6.45) is 11.4. The zero-order valence-corrected chi connectivity index (χ0v) is 27.3. The molecule has 2 aromatic heterocycles. The van der Waals surface area contributed by atoms with E-state index in [1.807, 2.05) is 0 Å². The van der Waals surface area contributed by atoms with Gasteiger partial charge in [-0.15, -0.1) is 0 Å². The van der Waals surface area contributed by atoms with Gasteiger partial charge in [-0.3, -0.25) is 4.57 Å². The Balaban J connectivity index is 1.13. The van der Waals surface area contributed by atoms with Crippen LogP contribution in [0.25, 0.3) is 11.2 Å². The van der Waals surface area contributed by atoms with Crippen LogP contribution in [0.2, 0.25) is 0 Å². The van der Waals surface area contributed by atoms with Crippen LogP contribution in [0.15, 0.2) is 12.7 Å². The van der Waals surface area contributed by atoms with E-state index in [0.717, 1.165) is 57.1 Å². The first kappa shape index (κ1) is 37.7. The average Bonchev–Trinajstić information content (AvgIpc) is 3.44. The molecule has 9 nitrogen and oxygen atoms in total. The largest absolute Gasteiger partial charge is 0.382 e. The van der Waals surface area contributed by atoms with E-state index in [-0.39, 0.29) is 12.4 Å². The summed E-state index contributed by atoms with van der Waals surface area (Å²) in [5.41, 5.74) is 5.75. The molecule has 1 aromatic carbocycles. The molecule has 0 spiro atoms. The van der Waals surface area contributed by atoms with E-state index in [1.54, 1.807) is 29.6 Å². The summed E-state index contributed by atoms with van der Waals surface area (Å²) in [4.78, 5) is 22.3. The first-order chi connectivity index (χ1) is 22.0. The quantitative estimate of drug-likeness (QED) is 0.0312. The zero-order valence-electron chi connectivity index (χ0n) is 25.6. The Kier molecular flexibility index (Phi) is 15.7. The molecule has 3 rings (SSSR count). The van der Waals surface area contributed by atoms with Crippen molar-refractivity contribution in [2.24, 2.45) is 0 Å². The number of halogens is 5. The summed E-state index contributed by atoms with van der Waals surface area (Å²) in [5, 5.41) is 0. The zero-order chi connectivity index (χ0) is 33.5. The van der Waals surface area contributed by atoms with Gasteiger partial charge in [0.25, 0.3) is 0 Å². The molecule has 3 aromatic rings. The summed E-state index contributed by atoms with van der Waals surface area (Å²) in [5.74, 6) is -3.59. The van der Waals surface area contributed by atoms with Crippen LogP contribution >= 0.6 is 19.4 Å². The number of aromatic nitrogens is 4. The van der Waals surface area contributed by atoms with Crippen molar-refractivity contribution >= 4 is 36.3 Å². The number of nitrogen functional groups attached to an aromatic ring is 1. The fraction of sp³-hybridized carbons (Fsp3) is 0.567. The third-order valence-corrected chi connectivity index (χ3v) is 9.03. The number of imidazole rings is 1. The van der Waals surface area contributed by atoms with Gasteiger partial charge < -0.3 is 24.5 Å². The fourth-order valence-electron chi connectivity index (χ4n) is 4.48. The Morgan fingerprint density at radius 3 is 2.20 bits per heavy atom. The number of nitrogens with zero attached hydrogens (tertiary/aromatic N) is 4. The number of nitrogens with two attached hydrogens (primary N) is 1. The molecule has 0 saturated heterocycles. The standard InChI is InChI=1S/C30H39F5N5O4PS/c1-21(17-40-19-39-28-29(36)37-18-38-30(28)40)43-20-45(41,42)44-14-16-46-15-12-10-8-6-4-2-3-5-7-9-11-13-22-23(31)25(33)27(35)26(34)24(22)32/h18-19,21H,2-10,12,14-17,20H2,1H3,(H,41,42)(H2,36,37,38)/t21-/m1/s1. The predicted molar refractivity (Wildman–Crippen MR) is 168 cm³/mol. The average molecular weight is 692 g/mol. The molecule has 1 unspecified atom stereocenters. The van der Waals surface area contributed by atoms with Gasteiger partial charge in [0.05, 0.1) is 25.6 Å². The smallest absolute Gasteiger partial charge is 0.353 e. The van der Waals surface area contributed by atoms with Crippen LogP contribution in [-0.2, 0) is 20.4 Å². The second kappa shape index (κ2) is 19.2. The van der Waals surface area contributed by atoms with Crippen molar-refractivity contribution < 1.29 is 40.7 Å². The number of rotatable bonds is 20. The van der Waals surface area contributed by atoms with Crippen LogP contribution in [0.1, 0.15) is 76.7 Å². The molecule has 3 N–H and O–H groups in total. The third kappa shape index (κ3) is 11.8. The van der Waals surface area contributed by atoms with Crippen molar-refractivity contribution in [3.63, 3.8) is 0 Å². The number of fused-ring (bicyclic) bond motifs is 1. The van der Waals surface area contributed by atoms with Crippen LogP contribution in [-0.4, -0.2) is 55.0 Å². The van der Waals surface area contributed by atoms with Crippen molar-refractivity contribution in [3.8, 4) is 11.8 Å². The van der Waals surface area contributed by atoms with E-state index in [2.05, 4.69) is 26.8 Å². The van der Waals surface area contributed by atoms with Crippen molar-refractivity contribution in [1.82, 2.24) is 19.5 Å². The Bertz CT molecular complexity index is 1510. The predicted octanol–water partition coefficient (Wildman–Crippen LogP) is 7.35. The van der Waals surface area contributed by atoms with Crippen LogP contribution < -0.4 is 5.73 Å². The maximum absolute atomic E-state index is 13.6. The molecular weight excluding hydrogens is 652 g/mol. The summed E-state index contributed by atoms with van der Waals surface area (Å²) in [6, 6.07) is 0. The number of benzene rings is 1. The number of anilines is 1. The number of ether oxygens (including phenoxy) is 1. The molecule has 0 aliphatic heterocycles. The monoisotopic (exact) mass is 691 g/mol. The maximum atomic E-state index is 13.6. The van der Waals surface area contributed by atoms with Gasteiger partial charge in [0.2, 0.25) is 5.82 Å². The van der Waals surface area contributed by atoms with Gasteiger partial charge in [0.1, 0.15) is 23.8 Å². The Hall–Kier alpha value is -2.76. The summed E-state index contributed by atoms with van der Waals surface area (Å²) in [7, 11) is -3.88. The van der Waals surface area contributed by atoms with Crippen molar-refractivity contribution in [3.05, 3.63) is 47.3 Å². The van der Waals surface area contributed by atoms with E-state index >= 15 is 0 Å². The summed E-state index contributed by atoms with van der Waals surface area (Å²) in [6.45, 7) is 2.29. The van der Waals surface area contributed by atoms with E-state index in [0.29, 0.717) is 36.3 Å². The van der Waals surface area contributed by atoms with Crippen molar-refractivity contribution in [1.29, 1.82) is 0 Å². The number of thioether (sulfide) groups is 1. The normalized spacial score (nSPS) is 13.5. The van der Waals surface area contributed by atoms with E-state index in [9.17, 15) is 31.4 Å². The van der Waals surface area contributed by atoms with Crippen molar-refractivity contribution in [2.45, 2.75) is 83.8 Å². The minimum atomic E-state index is -3.88. The van der Waals surface area contributed by atoms with Gasteiger partial charge in [-0.2, -0.15) is 11.8 Å². The summed E-state index contributed by atoms with van der Waals surface area (Å²) < 4.78 is 91.5. The number of unbranched alkanes of at least 4 members (excludes halogenated alkanes) is 9. The van der Waals surface area contributed by atoms with Crippen LogP contribution in [0.5, 0.6) is 0 Å². The van der Waals surface area contributed by atoms with Gasteiger partial charge >= 0.3 is 7.60 Å². The second-order valence-corrected chi connectivity index (χ2v) is 13.7. The molecule has 0 radical (unpaired) electrons. The highest BCUT2D eigenvalue weighted by atomic mass is 32.2. The highest BCUT2D eigenvalue weighted by Gasteiger charge is 2.25. The molecule has 0 aliphatic rings. The van der Waals surface area contributed by atoms with Gasteiger partial charge in [-0.25, -0.2) is 36.9 Å². The molecule has 0 fully saturated rings. The Labute approximate surface area is 269 Å². The first-order valence-corrected chi connectivity index (χ1v) is 18.0. The highest BCUT2D eigenvalue weighted by Crippen LogP contribution is 2.42. The molecule has 46 heavy (non-hydrogen) atoms. The van der Waals surface area contributed by atoms with Crippen LogP contribution in [0, 0.1) is 40.9 Å². The van der Waals surface area contributed by atoms with Gasteiger partial charge in [-0.1, -0.05) is 56.8 Å². The molecule has 0 aliphatic carbocycles. The van der Waals surface area contributed by atoms with Crippen LogP contribution in [0.3, 0.4) is 0 Å². The van der Waals surface area contributed by atoms with Gasteiger partial charge in [0.15, 0.2) is 34.7 Å². The number of hydrogen-bond acceptors (Lipinski definition) is 8. The SMILES string of the molecule is C[C@H](Cn1cnc2c(N)ncnc21)OCP(=O)(O)OCCSCCCCCCCCCCCC#Cc1c(F)c(F)c(F)c(F)c1F. The lowest BCUT2D eigenvalue weighted by Crippen LogP contribution is -2.17. The van der Waals surface area contributed by atoms with Crippen molar-refractivity contribution in [2.75, 3.05) is 30.2 Å². The lowest BCUT2D eigenvalue weighted by Gasteiger charge is -2.17.